The zero-order valence-electron chi connectivity index (χ0n) is 15.7. The predicted octanol–water partition coefficient (Wildman–Crippen LogP) is 3.22. The Labute approximate surface area is 161 Å². The molecule has 28 heavy (non-hydrogen) atoms. The minimum absolute atomic E-state index is 0.0277. The van der Waals surface area contributed by atoms with Gasteiger partial charge in [-0.15, -0.1) is 0 Å². The molecule has 0 spiro atoms. The number of nitro benzene ring substituents is 1. The van der Waals surface area contributed by atoms with Crippen molar-refractivity contribution in [2.24, 2.45) is 0 Å². The van der Waals surface area contributed by atoms with Crippen molar-refractivity contribution in [3.8, 4) is 5.75 Å². The van der Waals surface area contributed by atoms with Crippen molar-refractivity contribution in [3.63, 3.8) is 0 Å². The van der Waals surface area contributed by atoms with Crippen LogP contribution in [0.15, 0.2) is 42.5 Å². The number of nitrogens with one attached hydrogen (secondary N) is 2. The monoisotopic (exact) mass is 387 g/mol. The average molecular weight is 387 g/mol. The highest BCUT2D eigenvalue weighted by molar-refractivity contribution is 5.98. The van der Waals surface area contributed by atoms with Crippen LogP contribution in [0.4, 0.5) is 17.1 Å². The van der Waals surface area contributed by atoms with Gasteiger partial charge in [-0.3, -0.25) is 14.9 Å². The number of rotatable bonds is 8. The predicted molar refractivity (Wildman–Crippen MR) is 104 cm³/mol. The normalized spacial score (nSPS) is 11.2. The minimum Gasteiger partial charge on any atom is -0.492 e. The van der Waals surface area contributed by atoms with Crippen LogP contribution in [0.3, 0.4) is 0 Å². The Bertz CT molecular complexity index is 884. The summed E-state index contributed by atoms with van der Waals surface area (Å²) in [7, 11) is 1.53. The topological polar surface area (TPSA) is 120 Å². The Balaban J connectivity index is 2.09. The zero-order chi connectivity index (χ0) is 20.7. The molecule has 0 aliphatic heterocycles. The molecule has 0 aromatic heterocycles. The molecule has 1 atom stereocenters. The van der Waals surface area contributed by atoms with Gasteiger partial charge >= 0.3 is 5.97 Å². The first kappa shape index (κ1) is 20.7. The number of para-hydroxylation sites is 2. The Morgan fingerprint density at radius 3 is 2.54 bits per heavy atom. The van der Waals surface area contributed by atoms with Crippen LogP contribution in [0.5, 0.6) is 5.75 Å². The summed E-state index contributed by atoms with van der Waals surface area (Å²) in [6, 6.07) is 10.8. The van der Waals surface area contributed by atoms with E-state index in [1.54, 1.807) is 24.3 Å². The number of carbonyl (C=O) groups excluding carboxylic acids is 2. The van der Waals surface area contributed by atoms with Crippen molar-refractivity contribution >= 4 is 28.9 Å². The summed E-state index contributed by atoms with van der Waals surface area (Å²) in [5, 5.41) is 16.4. The maximum atomic E-state index is 12.3. The van der Waals surface area contributed by atoms with Crippen LogP contribution >= 0.6 is 0 Å². The van der Waals surface area contributed by atoms with Gasteiger partial charge in [0.25, 0.3) is 11.6 Å². The Hall–Kier alpha value is -3.62. The lowest BCUT2D eigenvalue weighted by Gasteiger charge is -2.15. The maximum absolute atomic E-state index is 12.3. The standard InChI is InChI=1S/C19H21N3O6/c1-4-27-17-8-6-5-7-15(17)21-18(23)12(2)28-19(24)13-9-10-14(20-3)16(11-13)22(25)26/h5-12,20H,4H2,1-3H3,(H,21,23)/t12-/m0/s1. The number of nitro groups is 1. The molecule has 9 heteroatoms. The first-order valence-electron chi connectivity index (χ1n) is 8.57. The summed E-state index contributed by atoms with van der Waals surface area (Å²) in [5.41, 5.74) is 0.422. The SMILES string of the molecule is CCOc1ccccc1NC(=O)[C@H](C)OC(=O)c1ccc(NC)c([N+](=O)[O-])c1. The lowest BCUT2D eigenvalue weighted by molar-refractivity contribution is -0.384. The molecule has 0 unspecified atom stereocenters. The van der Waals surface area contributed by atoms with Crippen molar-refractivity contribution in [2.45, 2.75) is 20.0 Å². The van der Waals surface area contributed by atoms with Crippen LogP contribution in [0.25, 0.3) is 0 Å². The Morgan fingerprint density at radius 2 is 1.89 bits per heavy atom. The zero-order valence-corrected chi connectivity index (χ0v) is 15.7. The number of carbonyl (C=O) groups is 2. The second-order valence-electron chi connectivity index (χ2n) is 5.70. The summed E-state index contributed by atoms with van der Waals surface area (Å²) in [4.78, 5) is 35.1. The summed E-state index contributed by atoms with van der Waals surface area (Å²) >= 11 is 0. The van der Waals surface area contributed by atoms with Gasteiger partial charge in [0.1, 0.15) is 11.4 Å². The molecule has 2 aromatic rings. The van der Waals surface area contributed by atoms with Crippen LogP contribution in [0.2, 0.25) is 0 Å². The quantitative estimate of drug-likeness (QED) is 0.405. The van der Waals surface area contributed by atoms with Crippen molar-refractivity contribution in [1.29, 1.82) is 0 Å². The molecule has 148 valence electrons. The van der Waals surface area contributed by atoms with Gasteiger partial charge in [-0.25, -0.2) is 4.79 Å². The van der Waals surface area contributed by atoms with Crippen LogP contribution < -0.4 is 15.4 Å². The van der Waals surface area contributed by atoms with Gasteiger partial charge in [-0.2, -0.15) is 0 Å². The van der Waals surface area contributed by atoms with E-state index in [9.17, 15) is 19.7 Å². The molecule has 0 bridgehead atoms. The lowest BCUT2D eigenvalue weighted by Crippen LogP contribution is -2.30. The van der Waals surface area contributed by atoms with Crippen LogP contribution in [-0.2, 0) is 9.53 Å². The van der Waals surface area contributed by atoms with Gasteiger partial charge < -0.3 is 20.1 Å². The van der Waals surface area contributed by atoms with E-state index in [-0.39, 0.29) is 16.9 Å². The summed E-state index contributed by atoms with van der Waals surface area (Å²) in [5.74, 6) is -0.900. The van der Waals surface area contributed by atoms with Gasteiger partial charge in [0.2, 0.25) is 0 Å². The largest absolute Gasteiger partial charge is 0.492 e. The summed E-state index contributed by atoms with van der Waals surface area (Å²) in [6.07, 6.45) is -1.12. The third-order valence-electron chi connectivity index (χ3n) is 3.80. The highest BCUT2D eigenvalue weighted by atomic mass is 16.6. The molecule has 2 aromatic carbocycles. The molecule has 2 N–H and O–H groups in total. The van der Waals surface area contributed by atoms with Gasteiger partial charge in [-0.1, -0.05) is 12.1 Å². The molecule has 0 radical (unpaired) electrons. The fourth-order valence-corrected chi connectivity index (χ4v) is 2.39. The number of hydrogen-bond acceptors (Lipinski definition) is 7. The molecule has 2 rings (SSSR count). The number of ether oxygens (including phenoxy) is 2. The van der Waals surface area contributed by atoms with Crippen LogP contribution in [-0.4, -0.2) is 36.6 Å². The highest BCUT2D eigenvalue weighted by Gasteiger charge is 2.22. The van der Waals surface area contributed by atoms with E-state index < -0.39 is 22.9 Å². The van der Waals surface area contributed by atoms with Crippen LogP contribution in [0, 0.1) is 10.1 Å². The molecule has 0 fully saturated rings. The van der Waals surface area contributed by atoms with E-state index >= 15 is 0 Å². The Kier molecular flexibility index (Phi) is 6.91. The third-order valence-corrected chi connectivity index (χ3v) is 3.80. The minimum atomic E-state index is -1.12. The molecule has 0 saturated carbocycles. The van der Waals surface area contributed by atoms with Crippen LogP contribution in [0.1, 0.15) is 24.2 Å². The number of amides is 1. The fourth-order valence-electron chi connectivity index (χ4n) is 2.39. The van der Waals surface area contributed by atoms with Crippen molar-refractivity contribution in [1.82, 2.24) is 0 Å². The number of nitrogens with zero attached hydrogens (tertiary/aromatic N) is 1. The van der Waals surface area contributed by atoms with Crippen molar-refractivity contribution < 1.29 is 24.0 Å². The maximum Gasteiger partial charge on any atom is 0.339 e. The summed E-state index contributed by atoms with van der Waals surface area (Å²) < 4.78 is 10.6. The van der Waals surface area contributed by atoms with Crippen molar-refractivity contribution in [2.75, 3.05) is 24.3 Å². The molecule has 0 aliphatic carbocycles. The summed E-state index contributed by atoms with van der Waals surface area (Å²) in [6.45, 7) is 3.66. The van der Waals surface area contributed by atoms with Gasteiger partial charge in [0, 0.05) is 13.1 Å². The first-order chi connectivity index (χ1) is 13.4. The molecular formula is C19H21N3O6. The van der Waals surface area contributed by atoms with E-state index in [2.05, 4.69) is 10.6 Å². The third kappa shape index (κ3) is 4.97. The number of esters is 1. The number of benzene rings is 2. The smallest absolute Gasteiger partial charge is 0.339 e. The van der Waals surface area contributed by atoms with Gasteiger partial charge in [0.15, 0.2) is 6.10 Å². The van der Waals surface area contributed by atoms with E-state index in [0.29, 0.717) is 18.0 Å². The molecule has 0 aliphatic rings. The number of anilines is 2. The van der Waals surface area contributed by atoms with E-state index in [0.717, 1.165) is 6.07 Å². The lowest BCUT2D eigenvalue weighted by atomic mass is 10.1. The van der Waals surface area contributed by atoms with Gasteiger partial charge in [0.05, 0.1) is 22.8 Å². The molecule has 9 nitrogen and oxygen atoms in total. The van der Waals surface area contributed by atoms with Gasteiger partial charge in [-0.05, 0) is 38.1 Å². The molecule has 0 saturated heterocycles. The second-order valence-corrected chi connectivity index (χ2v) is 5.70. The van der Waals surface area contributed by atoms with Crippen molar-refractivity contribution in [3.05, 3.63) is 58.1 Å². The van der Waals surface area contributed by atoms with E-state index in [4.69, 9.17) is 9.47 Å². The first-order valence-corrected chi connectivity index (χ1v) is 8.57. The Morgan fingerprint density at radius 1 is 1.18 bits per heavy atom. The number of hydrogen-bond donors (Lipinski definition) is 2. The molecule has 1 amide bonds. The molecular weight excluding hydrogens is 366 g/mol. The van der Waals surface area contributed by atoms with E-state index in [1.165, 1.54) is 26.1 Å². The highest BCUT2D eigenvalue weighted by Crippen LogP contribution is 2.26. The molecule has 0 heterocycles. The second kappa shape index (κ2) is 9.36. The fraction of sp³-hybridized carbons (Fsp3) is 0.263. The average Bonchev–Trinajstić information content (AvgIpc) is 2.68. The van der Waals surface area contributed by atoms with E-state index in [1.807, 2.05) is 6.92 Å².